The van der Waals surface area contributed by atoms with Crippen molar-refractivity contribution in [1.29, 1.82) is 0 Å². The van der Waals surface area contributed by atoms with Crippen molar-refractivity contribution in [2.75, 3.05) is 18.5 Å². The number of nitrogens with one attached hydrogen (secondary N) is 1. The molecule has 0 aliphatic carbocycles. The summed E-state index contributed by atoms with van der Waals surface area (Å²) in [6, 6.07) is 10.5. The van der Waals surface area contributed by atoms with E-state index in [1.807, 2.05) is 18.2 Å². The van der Waals surface area contributed by atoms with E-state index in [4.69, 9.17) is 16.3 Å². The molecule has 2 aromatic carbocycles. The van der Waals surface area contributed by atoms with Gasteiger partial charge < -0.3 is 10.1 Å². The Labute approximate surface area is 115 Å². The van der Waals surface area contributed by atoms with E-state index in [9.17, 15) is 8.78 Å². The Morgan fingerprint density at radius 3 is 2.63 bits per heavy atom. The lowest BCUT2D eigenvalue weighted by Gasteiger charge is -2.10. The SMILES string of the molecule is Fc1ccc(OCCNc2ccccc2Cl)c(F)c1. The van der Waals surface area contributed by atoms with Crippen molar-refractivity contribution in [3.05, 3.63) is 59.1 Å². The molecule has 19 heavy (non-hydrogen) atoms. The highest BCUT2D eigenvalue weighted by molar-refractivity contribution is 6.33. The van der Waals surface area contributed by atoms with E-state index in [-0.39, 0.29) is 12.4 Å². The number of anilines is 1. The highest BCUT2D eigenvalue weighted by Crippen LogP contribution is 2.20. The summed E-state index contributed by atoms with van der Waals surface area (Å²) in [5, 5.41) is 3.67. The van der Waals surface area contributed by atoms with Crippen molar-refractivity contribution in [3.8, 4) is 5.75 Å². The first-order valence-electron chi connectivity index (χ1n) is 5.73. The molecule has 0 fully saturated rings. The summed E-state index contributed by atoms with van der Waals surface area (Å²) in [4.78, 5) is 0. The molecule has 0 aromatic heterocycles. The number of hydrogen-bond donors (Lipinski definition) is 1. The van der Waals surface area contributed by atoms with E-state index in [0.29, 0.717) is 11.6 Å². The zero-order valence-electron chi connectivity index (χ0n) is 10.00. The first kappa shape index (κ1) is 13.6. The molecule has 2 rings (SSSR count). The summed E-state index contributed by atoms with van der Waals surface area (Å²) in [7, 11) is 0. The summed E-state index contributed by atoms with van der Waals surface area (Å²) < 4.78 is 31.1. The van der Waals surface area contributed by atoms with Gasteiger partial charge in [0.1, 0.15) is 12.4 Å². The fourth-order valence-corrected chi connectivity index (χ4v) is 1.75. The Hall–Kier alpha value is -1.81. The maximum Gasteiger partial charge on any atom is 0.167 e. The van der Waals surface area contributed by atoms with Crippen LogP contribution in [0.15, 0.2) is 42.5 Å². The molecule has 2 aromatic rings. The fraction of sp³-hybridized carbons (Fsp3) is 0.143. The van der Waals surface area contributed by atoms with Crippen LogP contribution in [0.2, 0.25) is 5.02 Å². The van der Waals surface area contributed by atoms with E-state index in [0.717, 1.165) is 17.8 Å². The number of benzene rings is 2. The number of halogens is 3. The molecule has 0 saturated heterocycles. The lowest BCUT2D eigenvalue weighted by molar-refractivity contribution is 0.314. The van der Waals surface area contributed by atoms with E-state index in [1.165, 1.54) is 6.07 Å². The predicted octanol–water partition coefficient (Wildman–Crippen LogP) is 4.11. The molecule has 0 aliphatic heterocycles. The topological polar surface area (TPSA) is 21.3 Å². The predicted molar refractivity (Wildman–Crippen MR) is 71.8 cm³/mol. The van der Waals surface area contributed by atoms with Gasteiger partial charge in [0.2, 0.25) is 0 Å². The first-order valence-corrected chi connectivity index (χ1v) is 6.11. The van der Waals surface area contributed by atoms with Crippen molar-refractivity contribution in [1.82, 2.24) is 0 Å². The first-order chi connectivity index (χ1) is 9.16. The molecule has 0 heterocycles. The Morgan fingerprint density at radius 1 is 1.11 bits per heavy atom. The number of rotatable bonds is 5. The zero-order chi connectivity index (χ0) is 13.7. The molecule has 0 atom stereocenters. The monoisotopic (exact) mass is 283 g/mol. The lowest BCUT2D eigenvalue weighted by atomic mass is 10.3. The van der Waals surface area contributed by atoms with Gasteiger partial charge in [0.25, 0.3) is 0 Å². The van der Waals surface area contributed by atoms with Gasteiger partial charge in [-0.15, -0.1) is 0 Å². The van der Waals surface area contributed by atoms with Crippen LogP contribution in [0.3, 0.4) is 0 Å². The van der Waals surface area contributed by atoms with E-state index < -0.39 is 11.6 Å². The second kappa shape index (κ2) is 6.38. The number of hydrogen-bond acceptors (Lipinski definition) is 2. The van der Waals surface area contributed by atoms with E-state index >= 15 is 0 Å². The Bertz CT molecular complexity index is 563. The summed E-state index contributed by atoms with van der Waals surface area (Å²) >= 11 is 5.96. The molecular formula is C14H12ClF2NO. The molecule has 0 saturated carbocycles. The van der Waals surface area contributed by atoms with Gasteiger partial charge in [0, 0.05) is 12.6 Å². The zero-order valence-corrected chi connectivity index (χ0v) is 10.8. The van der Waals surface area contributed by atoms with Crippen LogP contribution in [0, 0.1) is 11.6 Å². The second-order valence-electron chi connectivity index (χ2n) is 3.83. The van der Waals surface area contributed by atoms with Crippen LogP contribution >= 0.6 is 11.6 Å². The summed E-state index contributed by atoms with van der Waals surface area (Å²) in [5.41, 5.74) is 0.785. The smallest absolute Gasteiger partial charge is 0.167 e. The average molecular weight is 284 g/mol. The van der Waals surface area contributed by atoms with Crippen molar-refractivity contribution < 1.29 is 13.5 Å². The van der Waals surface area contributed by atoms with Crippen LogP contribution in [0.1, 0.15) is 0 Å². The molecular weight excluding hydrogens is 272 g/mol. The van der Waals surface area contributed by atoms with Gasteiger partial charge in [-0.3, -0.25) is 0 Å². The minimum absolute atomic E-state index is 0.0300. The third-order valence-electron chi connectivity index (χ3n) is 2.44. The van der Waals surface area contributed by atoms with Gasteiger partial charge in [-0.05, 0) is 24.3 Å². The van der Waals surface area contributed by atoms with Crippen LogP contribution in [-0.4, -0.2) is 13.2 Å². The lowest BCUT2D eigenvalue weighted by Crippen LogP contribution is -2.12. The molecule has 0 unspecified atom stereocenters. The van der Waals surface area contributed by atoms with Crippen molar-refractivity contribution in [3.63, 3.8) is 0 Å². The summed E-state index contributed by atoms with van der Waals surface area (Å²) in [6.45, 7) is 0.703. The highest BCUT2D eigenvalue weighted by atomic mass is 35.5. The van der Waals surface area contributed by atoms with E-state index in [2.05, 4.69) is 5.32 Å². The Balaban J connectivity index is 1.83. The Kier molecular flexibility index (Phi) is 4.58. The van der Waals surface area contributed by atoms with Gasteiger partial charge >= 0.3 is 0 Å². The molecule has 0 spiro atoms. The van der Waals surface area contributed by atoms with Crippen molar-refractivity contribution in [2.24, 2.45) is 0 Å². The number of para-hydroxylation sites is 1. The highest BCUT2D eigenvalue weighted by Gasteiger charge is 2.04. The van der Waals surface area contributed by atoms with Crippen LogP contribution in [-0.2, 0) is 0 Å². The molecule has 1 N–H and O–H groups in total. The fourth-order valence-electron chi connectivity index (χ4n) is 1.54. The normalized spacial score (nSPS) is 10.3. The maximum absolute atomic E-state index is 13.3. The van der Waals surface area contributed by atoms with Crippen LogP contribution in [0.5, 0.6) is 5.75 Å². The standard InChI is InChI=1S/C14H12ClF2NO/c15-11-3-1-2-4-13(11)18-7-8-19-14-6-5-10(16)9-12(14)17/h1-6,9,18H,7-8H2. The second-order valence-corrected chi connectivity index (χ2v) is 4.24. The molecule has 0 amide bonds. The molecule has 5 heteroatoms. The molecule has 0 bridgehead atoms. The molecule has 0 radical (unpaired) electrons. The summed E-state index contributed by atoms with van der Waals surface area (Å²) in [5.74, 6) is -1.31. The molecule has 0 aliphatic rings. The van der Waals surface area contributed by atoms with Gasteiger partial charge in [0.05, 0.1) is 10.7 Å². The van der Waals surface area contributed by atoms with Crippen LogP contribution in [0.4, 0.5) is 14.5 Å². The van der Waals surface area contributed by atoms with Crippen molar-refractivity contribution in [2.45, 2.75) is 0 Å². The minimum atomic E-state index is -0.710. The van der Waals surface area contributed by atoms with Crippen molar-refractivity contribution >= 4 is 17.3 Å². The summed E-state index contributed by atoms with van der Waals surface area (Å²) in [6.07, 6.45) is 0. The van der Waals surface area contributed by atoms with Crippen LogP contribution in [0.25, 0.3) is 0 Å². The van der Waals surface area contributed by atoms with Gasteiger partial charge in [-0.25, -0.2) is 8.78 Å². The number of ether oxygens (including phenoxy) is 1. The third kappa shape index (κ3) is 3.83. The van der Waals surface area contributed by atoms with Gasteiger partial charge in [-0.1, -0.05) is 23.7 Å². The quantitative estimate of drug-likeness (QED) is 0.834. The van der Waals surface area contributed by atoms with Gasteiger partial charge in [0.15, 0.2) is 11.6 Å². The van der Waals surface area contributed by atoms with E-state index in [1.54, 1.807) is 6.07 Å². The largest absolute Gasteiger partial charge is 0.489 e. The molecule has 100 valence electrons. The van der Waals surface area contributed by atoms with Gasteiger partial charge in [-0.2, -0.15) is 0 Å². The average Bonchev–Trinajstić information content (AvgIpc) is 2.38. The maximum atomic E-state index is 13.3. The Morgan fingerprint density at radius 2 is 1.89 bits per heavy atom. The molecule has 2 nitrogen and oxygen atoms in total. The third-order valence-corrected chi connectivity index (χ3v) is 2.77. The minimum Gasteiger partial charge on any atom is -0.489 e. The van der Waals surface area contributed by atoms with Crippen LogP contribution < -0.4 is 10.1 Å².